The smallest absolute Gasteiger partial charge is 0.218 e. The predicted molar refractivity (Wildman–Crippen MR) is 49.2 cm³/mol. The number of hydrogen-bond donors (Lipinski definition) is 0. The van der Waals surface area contributed by atoms with Crippen LogP contribution in [0.4, 0.5) is 8.78 Å². The fraction of sp³-hybridized carbons (Fsp3) is 1.00. The van der Waals surface area contributed by atoms with E-state index < -0.39 is 21.3 Å². The molecule has 0 heterocycles. The molecule has 0 aromatic rings. The molecule has 0 saturated heterocycles. The van der Waals surface area contributed by atoms with Crippen molar-refractivity contribution in [2.75, 3.05) is 6.67 Å². The average Bonchev–Trinajstić information content (AvgIpc) is 1.84. The van der Waals surface area contributed by atoms with Gasteiger partial charge in [-0.2, -0.15) is 0 Å². The molecule has 1 atom stereocenters. The van der Waals surface area contributed by atoms with Crippen LogP contribution in [0, 0.1) is 0 Å². The van der Waals surface area contributed by atoms with Crippen molar-refractivity contribution in [2.45, 2.75) is 45.3 Å². The molecule has 4 heteroatoms. The van der Waals surface area contributed by atoms with E-state index in [1.54, 1.807) is 0 Å². The van der Waals surface area contributed by atoms with Crippen LogP contribution in [0.15, 0.2) is 0 Å². The topological polar surface area (TPSA) is 9.23 Å². The first-order valence-electron chi connectivity index (χ1n) is 4.08. The Bertz CT molecular complexity index is 142. The van der Waals surface area contributed by atoms with E-state index in [1.807, 2.05) is 33.9 Å². The first-order valence-corrected chi connectivity index (χ1v) is 6.99. The van der Waals surface area contributed by atoms with Crippen molar-refractivity contribution in [3.05, 3.63) is 0 Å². The Balaban J connectivity index is 4.22. The maximum absolute atomic E-state index is 12.6. The molecule has 0 aromatic carbocycles. The minimum atomic E-state index is -2.10. The highest BCUT2D eigenvalue weighted by Gasteiger charge is 2.39. The molecular weight excluding hydrogens is 178 g/mol. The van der Waals surface area contributed by atoms with Gasteiger partial charge in [-0.05, 0) is 18.1 Å². The second kappa shape index (κ2) is 3.83. The van der Waals surface area contributed by atoms with Crippen LogP contribution in [0.5, 0.6) is 0 Å². The minimum absolute atomic E-state index is 0.0630. The summed E-state index contributed by atoms with van der Waals surface area (Å²) in [5.41, 5.74) is 0. The Morgan fingerprint density at radius 2 is 1.75 bits per heavy atom. The van der Waals surface area contributed by atoms with Crippen LogP contribution in [-0.4, -0.2) is 21.3 Å². The third-order valence-electron chi connectivity index (χ3n) is 2.35. The summed E-state index contributed by atoms with van der Waals surface area (Å²) >= 11 is 0. The van der Waals surface area contributed by atoms with Crippen LogP contribution >= 0.6 is 0 Å². The number of hydrogen-bond acceptors (Lipinski definition) is 1. The normalized spacial score (nSPS) is 16.2. The van der Waals surface area contributed by atoms with Gasteiger partial charge in [0.1, 0.15) is 6.67 Å². The summed E-state index contributed by atoms with van der Waals surface area (Å²) in [6.45, 7) is 8.72. The van der Waals surface area contributed by atoms with Gasteiger partial charge < -0.3 is 4.43 Å². The van der Waals surface area contributed by atoms with Crippen molar-refractivity contribution in [2.24, 2.45) is 0 Å². The quantitative estimate of drug-likeness (QED) is 0.629. The molecule has 0 saturated carbocycles. The average molecular weight is 196 g/mol. The Kier molecular flexibility index (Phi) is 3.84. The van der Waals surface area contributed by atoms with Crippen LogP contribution < -0.4 is 0 Å². The zero-order valence-electron chi connectivity index (χ0n) is 8.45. The SMILES string of the molecule is CC(C)(C)[Si](C)(C)OC(F)CF. The monoisotopic (exact) mass is 196 g/mol. The summed E-state index contributed by atoms with van der Waals surface area (Å²) in [4.78, 5) is 0. The van der Waals surface area contributed by atoms with E-state index in [4.69, 9.17) is 4.43 Å². The Labute approximate surface area is 74.2 Å². The van der Waals surface area contributed by atoms with Gasteiger partial charge in [0.05, 0.1) is 0 Å². The highest BCUT2D eigenvalue weighted by Crippen LogP contribution is 2.37. The van der Waals surface area contributed by atoms with Gasteiger partial charge in [0.2, 0.25) is 6.36 Å². The lowest BCUT2D eigenvalue weighted by Gasteiger charge is -2.36. The van der Waals surface area contributed by atoms with E-state index in [2.05, 4.69) is 0 Å². The van der Waals surface area contributed by atoms with E-state index in [9.17, 15) is 8.78 Å². The maximum atomic E-state index is 12.6. The van der Waals surface area contributed by atoms with E-state index in [0.29, 0.717) is 0 Å². The molecule has 0 fully saturated rings. The summed E-state index contributed by atoms with van der Waals surface area (Å²) in [5.74, 6) is 0. The predicted octanol–water partition coefficient (Wildman–Crippen LogP) is 3.27. The summed E-state index contributed by atoms with van der Waals surface area (Å²) in [7, 11) is -2.10. The van der Waals surface area contributed by atoms with Crippen molar-refractivity contribution < 1.29 is 13.2 Å². The largest absolute Gasteiger partial charge is 0.387 e. The van der Waals surface area contributed by atoms with Gasteiger partial charge in [0, 0.05) is 0 Å². The zero-order chi connectivity index (χ0) is 9.99. The third-order valence-corrected chi connectivity index (χ3v) is 6.81. The van der Waals surface area contributed by atoms with E-state index in [1.165, 1.54) is 0 Å². The van der Waals surface area contributed by atoms with Crippen LogP contribution in [0.25, 0.3) is 0 Å². The highest BCUT2D eigenvalue weighted by molar-refractivity contribution is 6.74. The molecule has 0 rings (SSSR count). The second-order valence-corrected chi connectivity index (χ2v) is 9.20. The van der Waals surface area contributed by atoms with Gasteiger partial charge in [-0.25, -0.2) is 8.78 Å². The summed E-state index contributed by atoms with van der Waals surface area (Å²) in [6, 6.07) is 0. The fourth-order valence-electron chi connectivity index (χ4n) is 0.528. The lowest BCUT2D eigenvalue weighted by molar-refractivity contribution is 0.0308. The van der Waals surface area contributed by atoms with Gasteiger partial charge >= 0.3 is 0 Å². The molecule has 1 unspecified atom stereocenters. The molecule has 0 aromatic heterocycles. The number of halogens is 2. The van der Waals surface area contributed by atoms with Crippen molar-refractivity contribution in [1.82, 2.24) is 0 Å². The van der Waals surface area contributed by atoms with E-state index in [-0.39, 0.29) is 5.04 Å². The molecule has 12 heavy (non-hydrogen) atoms. The molecule has 0 aliphatic heterocycles. The summed E-state index contributed by atoms with van der Waals surface area (Å²) < 4.78 is 29.5. The summed E-state index contributed by atoms with van der Waals surface area (Å²) in [6.07, 6.45) is -1.74. The minimum Gasteiger partial charge on any atom is -0.387 e. The van der Waals surface area contributed by atoms with Crippen LogP contribution in [0.1, 0.15) is 20.8 Å². The van der Waals surface area contributed by atoms with Gasteiger partial charge in [0.15, 0.2) is 8.32 Å². The maximum Gasteiger partial charge on any atom is 0.218 e. The van der Waals surface area contributed by atoms with E-state index >= 15 is 0 Å². The third kappa shape index (κ3) is 3.19. The van der Waals surface area contributed by atoms with Crippen LogP contribution in [0.2, 0.25) is 18.1 Å². The van der Waals surface area contributed by atoms with Gasteiger partial charge in [-0.1, -0.05) is 20.8 Å². The van der Waals surface area contributed by atoms with Crippen molar-refractivity contribution >= 4 is 8.32 Å². The Hall–Kier alpha value is 0.0369. The molecule has 0 spiro atoms. The first-order chi connectivity index (χ1) is 5.20. The molecule has 0 aliphatic carbocycles. The highest BCUT2D eigenvalue weighted by atomic mass is 28.4. The fourth-order valence-corrected chi connectivity index (χ4v) is 1.58. The molecule has 0 amide bonds. The van der Waals surface area contributed by atoms with Gasteiger partial charge in [-0.3, -0.25) is 0 Å². The van der Waals surface area contributed by atoms with Crippen molar-refractivity contribution in [3.8, 4) is 0 Å². The molecule has 1 nitrogen and oxygen atoms in total. The standard InChI is InChI=1S/C8H18F2OSi/c1-8(2,3)12(4,5)11-7(10)6-9/h7H,6H2,1-5H3. The summed E-state index contributed by atoms with van der Waals surface area (Å²) in [5, 5.41) is -0.0630. The zero-order valence-corrected chi connectivity index (χ0v) is 9.45. The van der Waals surface area contributed by atoms with E-state index in [0.717, 1.165) is 0 Å². The van der Waals surface area contributed by atoms with Crippen molar-refractivity contribution in [1.29, 1.82) is 0 Å². The first kappa shape index (κ1) is 12.0. The van der Waals surface area contributed by atoms with Crippen LogP contribution in [0.3, 0.4) is 0 Å². The lowest BCUT2D eigenvalue weighted by atomic mass is 10.2. The molecule has 0 radical (unpaired) electrons. The Morgan fingerprint density at radius 3 is 2.00 bits per heavy atom. The number of alkyl halides is 2. The second-order valence-electron chi connectivity index (χ2n) is 4.44. The Morgan fingerprint density at radius 1 is 1.33 bits per heavy atom. The number of rotatable bonds is 3. The van der Waals surface area contributed by atoms with Gasteiger partial charge in [-0.15, -0.1) is 0 Å². The molecule has 74 valence electrons. The van der Waals surface area contributed by atoms with Crippen LogP contribution in [-0.2, 0) is 4.43 Å². The van der Waals surface area contributed by atoms with Crippen molar-refractivity contribution in [3.63, 3.8) is 0 Å². The molecular formula is C8H18F2OSi. The molecule has 0 N–H and O–H groups in total. The lowest BCUT2D eigenvalue weighted by Crippen LogP contribution is -2.43. The van der Waals surface area contributed by atoms with Gasteiger partial charge in [0.25, 0.3) is 0 Å². The molecule has 0 bridgehead atoms. The molecule has 0 aliphatic rings.